The van der Waals surface area contributed by atoms with Gasteiger partial charge in [0.05, 0.1) is 11.7 Å². The number of aromatic carboxylic acids is 1. The van der Waals surface area contributed by atoms with Gasteiger partial charge in [0.25, 0.3) is 0 Å². The highest BCUT2D eigenvalue weighted by atomic mass is 32.2. The van der Waals surface area contributed by atoms with Gasteiger partial charge in [0.15, 0.2) is 0 Å². The molecule has 0 aliphatic rings. The molecule has 0 aromatic carbocycles. The van der Waals surface area contributed by atoms with Crippen molar-refractivity contribution in [2.45, 2.75) is 38.3 Å². The number of rotatable bonds is 5. The van der Waals surface area contributed by atoms with E-state index in [0.717, 1.165) is 5.69 Å². The van der Waals surface area contributed by atoms with Gasteiger partial charge in [0.2, 0.25) is 0 Å². The molecule has 1 rings (SSSR count). The van der Waals surface area contributed by atoms with E-state index in [4.69, 9.17) is 5.11 Å². The van der Waals surface area contributed by atoms with Gasteiger partial charge in [-0.25, -0.2) is 9.78 Å². The standard InChI is InChI=1S/C12H17NO3S/c1-4-9(14)6-17-11-10(12(15)16)7(2)5-8(3)13-11/h5,9,14H,4,6H2,1-3H3,(H,15,16). The molecule has 94 valence electrons. The third-order valence-electron chi connectivity index (χ3n) is 2.41. The molecular formula is C12H17NO3S. The van der Waals surface area contributed by atoms with Gasteiger partial charge in [-0.05, 0) is 31.9 Å². The Bertz CT molecular complexity index is 420. The topological polar surface area (TPSA) is 70.4 Å². The van der Waals surface area contributed by atoms with E-state index in [2.05, 4.69) is 4.98 Å². The molecule has 0 fully saturated rings. The van der Waals surface area contributed by atoms with Crippen molar-refractivity contribution in [3.8, 4) is 0 Å². The second-order valence-corrected chi connectivity index (χ2v) is 4.95. The summed E-state index contributed by atoms with van der Waals surface area (Å²) in [6, 6.07) is 1.75. The molecule has 17 heavy (non-hydrogen) atoms. The number of nitrogens with zero attached hydrogens (tertiary/aromatic N) is 1. The summed E-state index contributed by atoms with van der Waals surface area (Å²) in [7, 11) is 0. The van der Waals surface area contributed by atoms with E-state index in [-0.39, 0.29) is 5.56 Å². The predicted octanol–water partition coefficient (Wildman–Crippen LogP) is 2.26. The molecule has 5 heteroatoms. The fourth-order valence-electron chi connectivity index (χ4n) is 1.46. The number of hydrogen-bond acceptors (Lipinski definition) is 4. The summed E-state index contributed by atoms with van der Waals surface area (Å²) >= 11 is 1.29. The predicted molar refractivity (Wildman–Crippen MR) is 67.7 cm³/mol. The molecular weight excluding hydrogens is 238 g/mol. The fraction of sp³-hybridized carbons (Fsp3) is 0.500. The number of carbonyl (C=O) groups is 1. The molecule has 1 unspecified atom stereocenters. The smallest absolute Gasteiger partial charge is 0.338 e. The summed E-state index contributed by atoms with van der Waals surface area (Å²) in [6.07, 6.45) is 0.226. The van der Waals surface area contributed by atoms with E-state index in [9.17, 15) is 9.90 Å². The van der Waals surface area contributed by atoms with Gasteiger partial charge in [0, 0.05) is 11.4 Å². The number of aryl methyl sites for hydroxylation is 2. The second-order valence-electron chi connectivity index (χ2n) is 3.94. The highest BCUT2D eigenvalue weighted by Gasteiger charge is 2.16. The van der Waals surface area contributed by atoms with Crippen molar-refractivity contribution in [3.63, 3.8) is 0 Å². The Hall–Kier alpha value is -1.07. The highest BCUT2D eigenvalue weighted by Crippen LogP contribution is 2.25. The SMILES string of the molecule is CCC(O)CSc1nc(C)cc(C)c1C(=O)O. The van der Waals surface area contributed by atoms with Crippen molar-refractivity contribution in [2.24, 2.45) is 0 Å². The first kappa shape index (κ1) is 14.0. The molecule has 0 saturated heterocycles. The van der Waals surface area contributed by atoms with E-state index >= 15 is 0 Å². The number of aliphatic hydroxyl groups is 1. The van der Waals surface area contributed by atoms with Crippen molar-refractivity contribution in [2.75, 3.05) is 5.75 Å². The van der Waals surface area contributed by atoms with Crippen LogP contribution in [0.25, 0.3) is 0 Å². The number of aliphatic hydroxyl groups excluding tert-OH is 1. The van der Waals surface area contributed by atoms with Gasteiger partial charge >= 0.3 is 5.97 Å². The maximum absolute atomic E-state index is 11.2. The summed E-state index contributed by atoms with van der Waals surface area (Å²) in [5.41, 5.74) is 1.74. The quantitative estimate of drug-likeness (QED) is 0.790. The Morgan fingerprint density at radius 1 is 1.53 bits per heavy atom. The van der Waals surface area contributed by atoms with Crippen LogP contribution < -0.4 is 0 Å². The number of carboxylic acid groups (broad SMARTS) is 1. The summed E-state index contributed by atoms with van der Waals surface area (Å²) < 4.78 is 0. The Kier molecular flexibility index (Phi) is 4.96. The van der Waals surface area contributed by atoms with Gasteiger partial charge in [-0.15, -0.1) is 11.8 Å². The van der Waals surface area contributed by atoms with Crippen LogP contribution in [-0.2, 0) is 0 Å². The third-order valence-corrected chi connectivity index (χ3v) is 3.53. The van der Waals surface area contributed by atoms with Crippen LogP contribution in [0, 0.1) is 13.8 Å². The molecule has 0 spiro atoms. The first-order valence-corrected chi connectivity index (χ1v) is 6.46. The van der Waals surface area contributed by atoms with E-state index in [1.165, 1.54) is 11.8 Å². The van der Waals surface area contributed by atoms with E-state index in [1.807, 2.05) is 13.8 Å². The first-order chi connectivity index (χ1) is 7.95. The summed E-state index contributed by atoms with van der Waals surface area (Å²) in [5, 5.41) is 19.1. The van der Waals surface area contributed by atoms with Crippen LogP contribution in [-0.4, -0.2) is 33.0 Å². The van der Waals surface area contributed by atoms with Crippen LogP contribution in [0.2, 0.25) is 0 Å². The second kappa shape index (κ2) is 6.02. The van der Waals surface area contributed by atoms with Crippen LogP contribution in [0.15, 0.2) is 11.1 Å². The number of hydrogen-bond donors (Lipinski definition) is 2. The largest absolute Gasteiger partial charge is 0.478 e. The van der Waals surface area contributed by atoms with Gasteiger partial charge in [-0.2, -0.15) is 0 Å². The number of thioether (sulfide) groups is 1. The van der Waals surface area contributed by atoms with E-state index < -0.39 is 12.1 Å². The molecule has 1 aromatic rings. The Morgan fingerprint density at radius 2 is 2.18 bits per heavy atom. The average molecular weight is 255 g/mol. The zero-order valence-electron chi connectivity index (χ0n) is 10.2. The molecule has 1 heterocycles. The number of pyridine rings is 1. The van der Waals surface area contributed by atoms with Crippen LogP contribution >= 0.6 is 11.8 Å². The number of aromatic nitrogens is 1. The highest BCUT2D eigenvalue weighted by molar-refractivity contribution is 7.99. The maximum Gasteiger partial charge on any atom is 0.338 e. The zero-order chi connectivity index (χ0) is 13.0. The minimum atomic E-state index is -0.969. The molecule has 2 N–H and O–H groups in total. The van der Waals surface area contributed by atoms with Gasteiger partial charge in [0.1, 0.15) is 5.03 Å². The van der Waals surface area contributed by atoms with E-state index in [1.54, 1.807) is 13.0 Å². The fourth-order valence-corrected chi connectivity index (χ4v) is 2.65. The lowest BCUT2D eigenvalue weighted by Gasteiger charge is -2.11. The van der Waals surface area contributed by atoms with Crippen LogP contribution in [0.4, 0.5) is 0 Å². The molecule has 0 amide bonds. The van der Waals surface area contributed by atoms with Crippen LogP contribution in [0.3, 0.4) is 0 Å². The van der Waals surface area contributed by atoms with Crippen molar-refractivity contribution >= 4 is 17.7 Å². The summed E-state index contributed by atoms with van der Waals surface area (Å²) in [4.78, 5) is 15.4. The monoisotopic (exact) mass is 255 g/mol. The molecule has 0 bridgehead atoms. The summed E-state index contributed by atoms with van der Waals surface area (Å²) in [6.45, 7) is 5.48. The van der Waals surface area contributed by atoms with Gasteiger partial charge < -0.3 is 10.2 Å². The van der Waals surface area contributed by atoms with Crippen LogP contribution in [0.1, 0.15) is 35.0 Å². The Morgan fingerprint density at radius 3 is 2.71 bits per heavy atom. The van der Waals surface area contributed by atoms with Crippen molar-refractivity contribution < 1.29 is 15.0 Å². The lowest BCUT2D eigenvalue weighted by atomic mass is 10.1. The molecule has 1 atom stereocenters. The van der Waals surface area contributed by atoms with Gasteiger partial charge in [-0.3, -0.25) is 0 Å². The van der Waals surface area contributed by atoms with E-state index in [0.29, 0.717) is 22.8 Å². The lowest BCUT2D eigenvalue weighted by molar-refractivity contribution is 0.0691. The normalized spacial score (nSPS) is 12.5. The molecule has 0 aliphatic carbocycles. The average Bonchev–Trinajstić information content (AvgIpc) is 2.24. The van der Waals surface area contributed by atoms with Gasteiger partial charge in [-0.1, -0.05) is 6.92 Å². The Balaban J connectivity index is 3.00. The first-order valence-electron chi connectivity index (χ1n) is 5.48. The molecule has 0 aliphatic heterocycles. The van der Waals surface area contributed by atoms with Crippen LogP contribution in [0.5, 0.6) is 0 Å². The Labute approximate surface area is 105 Å². The minimum absolute atomic E-state index is 0.240. The summed E-state index contributed by atoms with van der Waals surface area (Å²) in [5.74, 6) is -0.504. The molecule has 1 aromatic heterocycles. The maximum atomic E-state index is 11.2. The van der Waals surface area contributed by atoms with Crippen molar-refractivity contribution in [3.05, 3.63) is 22.9 Å². The molecule has 4 nitrogen and oxygen atoms in total. The zero-order valence-corrected chi connectivity index (χ0v) is 11.0. The third kappa shape index (κ3) is 3.71. The molecule has 0 saturated carbocycles. The lowest BCUT2D eigenvalue weighted by Crippen LogP contribution is -2.10. The molecule has 0 radical (unpaired) electrons. The van der Waals surface area contributed by atoms with Crippen molar-refractivity contribution in [1.82, 2.24) is 4.98 Å². The minimum Gasteiger partial charge on any atom is -0.478 e. The number of carboxylic acids is 1. The van der Waals surface area contributed by atoms with Crippen molar-refractivity contribution in [1.29, 1.82) is 0 Å².